The monoisotopic (exact) mass is 433 g/mol. The van der Waals surface area contributed by atoms with Crippen molar-refractivity contribution in [2.45, 2.75) is 51.7 Å². The highest BCUT2D eigenvalue weighted by Gasteiger charge is 2.26. The van der Waals surface area contributed by atoms with E-state index in [2.05, 4.69) is 21.8 Å². The Morgan fingerprint density at radius 2 is 1.84 bits per heavy atom. The maximum Gasteiger partial charge on any atom is 0.410 e. The molecule has 4 N–H and O–H groups in total. The van der Waals surface area contributed by atoms with Gasteiger partial charge in [-0.1, -0.05) is 0 Å². The minimum atomic E-state index is -0.495. The average molecular weight is 434 g/mol. The Morgan fingerprint density at radius 3 is 2.48 bits per heavy atom. The fourth-order valence-corrected chi connectivity index (χ4v) is 3.79. The van der Waals surface area contributed by atoms with Gasteiger partial charge >= 0.3 is 6.09 Å². The number of aromatic nitrogens is 1. The molecule has 1 unspecified atom stereocenters. The van der Waals surface area contributed by atoms with Crippen LogP contribution in [0, 0.1) is 0 Å². The SMILES string of the molecule is CN1CCN(c2cc(OC3CCCN(C(=O)OC(C)(C)C)CC3)cc(C(N)=[NH2+])n2)CC1. The van der Waals surface area contributed by atoms with Gasteiger partial charge in [-0.25, -0.2) is 9.78 Å². The van der Waals surface area contributed by atoms with Crippen LogP contribution in [0.2, 0.25) is 0 Å². The maximum absolute atomic E-state index is 12.4. The van der Waals surface area contributed by atoms with Gasteiger partial charge in [0.15, 0.2) is 5.69 Å². The molecular weight excluding hydrogens is 396 g/mol. The molecule has 2 fully saturated rings. The first kappa shape index (κ1) is 23.1. The number of nitrogens with zero attached hydrogens (tertiary/aromatic N) is 4. The molecule has 0 aliphatic carbocycles. The second-order valence-electron chi connectivity index (χ2n) is 9.43. The van der Waals surface area contributed by atoms with Crippen molar-refractivity contribution >= 4 is 17.7 Å². The molecule has 0 spiro atoms. The average Bonchev–Trinajstić information content (AvgIpc) is 2.92. The van der Waals surface area contributed by atoms with E-state index in [1.807, 2.05) is 26.8 Å². The summed E-state index contributed by atoms with van der Waals surface area (Å²) in [7, 11) is 2.12. The second kappa shape index (κ2) is 9.72. The Balaban J connectivity index is 1.67. The number of amidine groups is 1. The van der Waals surface area contributed by atoms with E-state index in [1.165, 1.54) is 0 Å². The van der Waals surface area contributed by atoms with Crippen LogP contribution in [0.1, 0.15) is 45.7 Å². The van der Waals surface area contributed by atoms with Crippen molar-refractivity contribution in [3.8, 4) is 5.75 Å². The summed E-state index contributed by atoms with van der Waals surface area (Å²) in [6, 6.07) is 3.76. The predicted octanol–water partition coefficient (Wildman–Crippen LogP) is 0.466. The molecule has 2 aliphatic heterocycles. The number of anilines is 1. The predicted molar refractivity (Wildman–Crippen MR) is 120 cm³/mol. The van der Waals surface area contributed by atoms with E-state index >= 15 is 0 Å². The summed E-state index contributed by atoms with van der Waals surface area (Å²) in [6.07, 6.45) is 2.20. The molecule has 0 saturated carbocycles. The molecule has 9 nitrogen and oxygen atoms in total. The summed E-state index contributed by atoms with van der Waals surface area (Å²) < 4.78 is 11.8. The Labute approximate surface area is 185 Å². The van der Waals surface area contributed by atoms with Gasteiger partial charge in [0, 0.05) is 57.8 Å². The van der Waals surface area contributed by atoms with E-state index < -0.39 is 5.60 Å². The van der Waals surface area contributed by atoms with Crippen molar-refractivity contribution in [1.82, 2.24) is 14.8 Å². The number of likely N-dealkylation sites (N-methyl/N-ethyl adjacent to an activating group) is 1. The van der Waals surface area contributed by atoms with Crippen molar-refractivity contribution in [3.63, 3.8) is 0 Å². The third-order valence-corrected chi connectivity index (χ3v) is 5.54. The van der Waals surface area contributed by atoms with Crippen LogP contribution in [0.25, 0.3) is 0 Å². The lowest BCUT2D eigenvalue weighted by molar-refractivity contribution is -0.114. The first-order chi connectivity index (χ1) is 14.6. The van der Waals surface area contributed by atoms with Crippen molar-refractivity contribution in [2.75, 3.05) is 51.2 Å². The minimum absolute atomic E-state index is 0.00187. The third-order valence-electron chi connectivity index (χ3n) is 5.54. The van der Waals surface area contributed by atoms with E-state index in [4.69, 9.17) is 20.6 Å². The summed E-state index contributed by atoms with van der Waals surface area (Å²) in [5.74, 6) is 1.72. The normalized spacial score (nSPS) is 20.8. The summed E-state index contributed by atoms with van der Waals surface area (Å²) in [4.78, 5) is 23.3. The number of likely N-dealkylation sites (tertiary alicyclic amines) is 1. The van der Waals surface area contributed by atoms with E-state index in [1.54, 1.807) is 11.0 Å². The molecule has 1 amide bonds. The molecule has 0 radical (unpaired) electrons. The van der Waals surface area contributed by atoms with E-state index in [-0.39, 0.29) is 18.0 Å². The number of piperazine rings is 1. The third kappa shape index (κ3) is 6.72. The molecule has 2 aliphatic rings. The molecule has 3 rings (SSSR count). The van der Waals surface area contributed by atoms with Crippen LogP contribution in [0.5, 0.6) is 5.75 Å². The number of carbonyl (C=O) groups is 1. The van der Waals surface area contributed by atoms with Crippen LogP contribution >= 0.6 is 0 Å². The minimum Gasteiger partial charge on any atom is -0.490 e. The smallest absolute Gasteiger partial charge is 0.410 e. The molecule has 1 atom stereocenters. The largest absolute Gasteiger partial charge is 0.490 e. The molecule has 172 valence electrons. The van der Waals surface area contributed by atoms with Crippen LogP contribution < -0.4 is 20.8 Å². The molecule has 0 bridgehead atoms. The lowest BCUT2D eigenvalue weighted by atomic mass is 10.1. The number of pyridine rings is 1. The van der Waals surface area contributed by atoms with Gasteiger partial charge in [0.25, 0.3) is 5.84 Å². The maximum atomic E-state index is 12.4. The first-order valence-corrected chi connectivity index (χ1v) is 11.1. The lowest BCUT2D eigenvalue weighted by Crippen LogP contribution is -2.47. The van der Waals surface area contributed by atoms with Crippen LogP contribution in [0.15, 0.2) is 12.1 Å². The van der Waals surface area contributed by atoms with Crippen LogP contribution in [-0.4, -0.2) is 84.7 Å². The van der Waals surface area contributed by atoms with E-state index in [0.717, 1.165) is 51.3 Å². The van der Waals surface area contributed by atoms with Crippen LogP contribution in [0.3, 0.4) is 0 Å². The molecule has 3 heterocycles. The van der Waals surface area contributed by atoms with Gasteiger partial charge in [0.05, 0.1) is 0 Å². The summed E-state index contributed by atoms with van der Waals surface area (Å²) >= 11 is 0. The zero-order valence-electron chi connectivity index (χ0n) is 19.3. The molecule has 2 saturated heterocycles. The van der Waals surface area contributed by atoms with Gasteiger partial charge in [0.1, 0.15) is 23.3 Å². The van der Waals surface area contributed by atoms with Gasteiger partial charge in [-0.3, -0.25) is 11.1 Å². The Bertz CT molecular complexity index is 786. The van der Waals surface area contributed by atoms with Crippen LogP contribution in [0.4, 0.5) is 10.6 Å². The van der Waals surface area contributed by atoms with Gasteiger partial charge in [-0.15, -0.1) is 0 Å². The first-order valence-electron chi connectivity index (χ1n) is 11.1. The Kier molecular flexibility index (Phi) is 7.25. The quantitative estimate of drug-likeness (QED) is 0.525. The summed E-state index contributed by atoms with van der Waals surface area (Å²) in [5, 5.41) is 5.85. The van der Waals surface area contributed by atoms with Gasteiger partial charge in [-0.2, -0.15) is 0 Å². The second-order valence-corrected chi connectivity index (χ2v) is 9.43. The zero-order valence-corrected chi connectivity index (χ0v) is 19.3. The molecule has 1 aromatic heterocycles. The number of ether oxygens (including phenoxy) is 2. The molecule has 9 heteroatoms. The number of rotatable bonds is 4. The van der Waals surface area contributed by atoms with Crippen molar-refractivity contribution in [1.29, 1.82) is 0 Å². The van der Waals surface area contributed by atoms with E-state index in [9.17, 15) is 4.79 Å². The molecule has 1 aromatic rings. The lowest BCUT2D eigenvalue weighted by Gasteiger charge is -2.33. The van der Waals surface area contributed by atoms with Gasteiger partial charge in [-0.05, 0) is 40.7 Å². The van der Waals surface area contributed by atoms with Gasteiger partial charge < -0.3 is 24.2 Å². The topological polar surface area (TPSA) is 110 Å². The highest BCUT2D eigenvalue weighted by Crippen LogP contribution is 2.25. The van der Waals surface area contributed by atoms with Crippen LogP contribution in [-0.2, 0) is 4.74 Å². The highest BCUT2D eigenvalue weighted by molar-refractivity contribution is 5.91. The Hall–Kier alpha value is -2.55. The van der Waals surface area contributed by atoms with Crippen molar-refractivity contribution in [2.24, 2.45) is 5.73 Å². The van der Waals surface area contributed by atoms with E-state index in [0.29, 0.717) is 24.5 Å². The number of carbonyl (C=O) groups excluding carboxylic acids is 1. The van der Waals surface area contributed by atoms with Gasteiger partial charge in [0.2, 0.25) is 0 Å². The number of hydrogen-bond acceptors (Lipinski definition) is 6. The Morgan fingerprint density at radius 1 is 1.13 bits per heavy atom. The molecule has 31 heavy (non-hydrogen) atoms. The number of amides is 1. The molecular formula is C22H37N6O3+. The van der Waals surface area contributed by atoms with Crippen molar-refractivity contribution in [3.05, 3.63) is 17.8 Å². The fourth-order valence-electron chi connectivity index (χ4n) is 3.79. The van der Waals surface area contributed by atoms with Crippen molar-refractivity contribution < 1.29 is 19.7 Å². The highest BCUT2D eigenvalue weighted by atomic mass is 16.6. The standard InChI is InChI=1S/C22H36N6O3/c1-22(2,3)31-21(29)28-8-5-6-16(7-9-28)30-17-14-18(20(23)24)25-19(15-17)27-12-10-26(4)11-13-27/h14-16H,5-13H2,1-4H3,(H3,23,24)/p+1. The number of nitrogens with two attached hydrogens (primary N) is 2. The zero-order chi connectivity index (χ0) is 22.6. The summed E-state index contributed by atoms with van der Waals surface area (Å²) in [5.41, 5.74) is 5.90. The fraction of sp³-hybridized carbons (Fsp3) is 0.682. The number of hydrogen-bond donors (Lipinski definition) is 2. The summed E-state index contributed by atoms with van der Waals surface area (Å²) in [6.45, 7) is 10.7. The molecule has 0 aromatic carbocycles.